The molecule has 7 heteroatoms. The Kier molecular flexibility index (Phi) is 3.63. The molecule has 4 rings (SSSR count). The van der Waals surface area contributed by atoms with Crippen molar-refractivity contribution in [1.29, 1.82) is 0 Å². The van der Waals surface area contributed by atoms with Gasteiger partial charge in [-0.25, -0.2) is 0 Å². The fourth-order valence-corrected chi connectivity index (χ4v) is 3.74. The summed E-state index contributed by atoms with van der Waals surface area (Å²) in [5.74, 6) is 2.10. The van der Waals surface area contributed by atoms with E-state index in [1.165, 1.54) is 18.2 Å². The smallest absolute Gasteiger partial charge is 0.276 e. The molecule has 0 aromatic carbocycles. The second-order valence-electron chi connectivity index (χ2n) is 6.74. The minimum Gasteiger partial charge on any atom is -0.361 e. The molecule has 0 radical (unpaired) electrons. The van der Waals surface area contributed by atoms with Crippen LogP contribution in [0.2, 0.25) is 0 Å². The number of carbonyl (C=O) groups excluding carboxylic acids is 1. The summed E-state index contributed by atoms with van der Waals surface area (Å²) < 4.78 is 5.69. The zero-order chi connectivity index (χ0) is 15.8. The van der Waals surface area contributed by atoms with Gasteiger partial charge < -0.3 is 9.42 Å². The lowest BCUT2D eigenvalue weighted by Crippen LogP contribution is -2.38. The number of aromatic nitrogens is 4. The largest absolute Gasteiger partial charge is 0.361 e. The quantitative estimate of drug-likeness (QED) is 0.915. The lowest BCUT2D eigenvalue weighted by atomic mass is 9.83. The van der Waals surface area contributed by atoms with Crippen molar-refractivity contribution >= 4 is 5.91 Å². The van der Waals surface area contributed by atoms with Crippen molar-refractivity contribution in [2.75, 3.05) is 13.1 Å². The molecule has 0 saturated carbocycles. The van der Waals surface area contributed by atoms with E-state index in [1.54, 1.807) is 0 Å². The number of aryl methyl sites for hydroxylation is 1. The summed E-state index contributed by atoms with van der Waals surface area (Å²) in [4.78, 5) is 14.1. The van der Waals surface area contributed by atoms with Gasteiger partial charge in [-0.2, -0.15) is 15.4 Å². The fraction of sp³-hybridized carbons (Fsp3) is 0.625. The highest BCUT2D eigenvalue weighted by atomic mass is 16.5. The van der Waals surface area contributed by atoms with E-state index >= 15 is 0 Å². The maximum absolute atomic E-state index is 12.3. The summed E-state index contributed by atoms with van der Waals surface area (Å²) in [5.41, 5.74) is 2.87. The molecule has 3 heterocycles. The van der Waals surface area contributed by atoms with Gasteiger partial charge in [0, 0.05) is 24.6 Å². The summed E-state index contributed by atoms with van der Waals surface area (Å²) >= 11 is 0. The minimum atomic E-state index is -0.0505. The van der Waals surface area contributed by atoms with E-state index in [0.29, 0.717) is 17.5 Å². The third-order valence-corrected chi connectivity index (χ3v) is 5.11. The number of carbonyl (C=O) groups is 1. The van der Waals surface area contributed by atoms with Gasteiger partial charge in [-0.15, -0.1) is 0 Å². The first-order valence-electron chi connectivity index (χ1n) is 8.34. The number of likely N-dealkylation sites (tertiary alicyclic amines) is 1. The highest BCUT2D eigenvalue weighted by Gasteiger charge is 2.32. The van der Waals surface area contributed by atoms with E-state index in [1.807, 2.05) is 4.90 Å². The summed E-state index contributed by atoms with van der Waals surface area (Å²) in [6, 6.07) is 0. The molecule has 2 aromatic heterocycles. The van der Waals surface area contributed by atoms with Gasteiger partial charge in [-0.05, 0) is 38.0 Å². The first-order valence-corrected chi connectivity index (χ1v) is 8.34. The van der Waals surface area contributed by atoms with Crippen LogP contribution in [-0.2, 0) is 12.8 Å². The average Bonchev–Trinajstić information content (AvgIpc) is 3.24. The zero-order valence-corrected chi connectivity index (χ0v) is 13.3. The summed E-state index contributed by atoms with van der Waals surface area (Å²) in [5, 5.41) is 14.3. The van der Waals surface area contributed by atoms with Crippen LogP contribution in [-0.4, -0.2) is 44.5 Å². The van der Waals surface area contributed by atoms with Crippen LogP contribution in [0.5, 0.6) is 0 Å². The van der Waals surface area contributed by atoms with Crippen LogP contribution in [0.25, 0.3) is 0 Å². The molecule has 1 N–H and O–H groups in total. The third-order valence-electron chi connectivity index (χ3n) is 5.11. The Bertz CT molecular complexity index is 685. The van der Waals surface area contributed by atoms with E-state index in [4.69, 9.17) is 4.52 Å². The van der Waals surface area contributed by atoms with Gasteiger partial charge >= 0.3 is 0 Å². The topological polar surface area (TPSA) is 87.9 Å². The second-order valence-corrected chi connectivity index (χ2v) is 6.74. The summed E-state index contributed by atoms with van der Waals surface area (Å²) in [6.07, 6.45) is 6.61. The van der Waals surface area contributed by atoms with E-state index in [9.17, 15) is 4.79 Å². The minimum absolute atomic E-state index is 0.0505. The molecule has 1 saturated heterocycles. The van der Waals surface area contributed by atoms with Crippen molar-refractivity contribution in [1.82, 2.24) is 25.5 Å². The van der Waals surface area contributed by atoms with Gasteiger partial charge in [0.15, 0.2) is 5.69 Å². The van der Waals surface area contributed by atoms with Crippen molar-refractivity contribution in [3.63, 3.8) is 0 Å². The Morgan fingerprint density at radius 1 is 1.35 bits per heavy atom. The Hall–Kier alpha value is -2.18. The Balaban J connectivity index is 1.44. The molecule has 1 aliphatic carbocycles. The molecule has 2 aromatic rings. The molecule has 1 amide bonds. The maximum atomic E-state index is 12.3. The average molecular weight is 315 g/mol. The molecule has 0 bridgehead atoms. The van der Waals surface area contributed by atoms with Crippen molar-refractivity contribution < 1.29 is 9.32 Å². The van der Waals surface area contributed by atoms with Gasteiger partial charge in [-0.3, -0.25) is 4.79 Å². The molecule has 0 unspecified atom stereocenters. The van der Waals surface area contributed by atoms with Crippen LogP contribution >= 0.6 is 0 Å². The van der Waals surface area contributed by atoms with Gasteiger partial charge in [0.1, 0.15) is 5.76 Å². The lowest BCUT2D eigenvalue weighted by Gasteiger charge is -2.31. The first-order chi connectivity index (χ1) is 11.2. The molecular formula is C16H21N5O2. The van der Waals surface area contributed by atoms with E-state index in [0.717, 1.165) is 50.2 Å². The number of nitrogens with one attached hydrogen (secondary N) is 1. The van der Waals surface area contributed by atoms with Gasteiger partial charge in [0.2, 0.25) is 0 Å². The van der Waals surface area contributed by atoms with Gasteiger partial charge in [0.05, 0.1) is 11.9 Å². The number of rotatable bonds is 2. The summed E-state index contributed by atoms with van der Waals surface area (Å²) in [7, 11) is 0. The predicted octanol–water partition coefficient (Wildman–Crippen LogP) is 1.94. The first kappa shape index (κ1) is 14.4. The van der Waals surface area contributed by atoms with Crippen LogP contribution in [0.4, 0.5) is 0 Å². The van der Waals surface area contributed by atoms with Crippen LogP contribution in [0.15, 0.2) is 10.7 Å². The number of amides is 1. The molecule has 7 nitrogen and oxygen atoms in total. The highest BCUT2D eigenvalue weighted by Crippen LogP contribution is 2.36. The number of H-pyrrole nitrogens is 1. The number of nitrogens with zero attached hydrogens (tertiary/aromatic N) is 4. The third kappa shape index (κ3) is 2.64. The standard InChI is InChI=1S/C16H21N5O2/c1-10-2-3-13-12(8-10)15(23-19-13)11-4-6-21(7-5-11)16(22)14-9-17-20-18-14/h9-11H,2-8H2,1H3,(H,17,18,20)/t10-/m0/s1. The molecule has 23 heavy (non-hydrogen) atoms. The SMILES string of the molecule is C[C@H]1CCc2noc(C3CCN(C(=O)c4cn[nH]n4)CC3)c2C1. The van der Waals surface area contributed by atoms with Crippen molar-refractivity contribution in [3.8, 4) is 0 Å². The number of aromatic amines is 1. The monoisotopic (exact) mass is 315 g/mol. The zero-order valence-electron chi connectivity index (χ0n) is 13.3. The number of hydrogen-bond donors (Lipinski definition) is 1. The fourth-order valence-electron chi connectivity index (χ4n) is 3.74. The molecule has 1 fully saturated rings. The number of fused-ring (bicyclic) bond motifs is 1. The Morgan fingerprint density at radius 3 is 2.91 bits per heavy atom. The molecule has 1 aliphatic heterocycles. The van der Waals surface area contributed by atoms with Crippen LogP contribution < -0.4 is 0 Å². The van der Waals surface area contributed by atoms with Gasteiger partial charge in [0.25, 0.3) is 5.91 Å². The molecule has 1 atom stereocenters. The number of piperidine rings is 1. The van der Waals surface area contributed by atoms with Crippen LogP contribution in [0.3, 0.4) is 0 Å². The van der Waals surface area contributed by atoms with Gasteiger partial charge in [-0.1, -0.05) is 12.1 Å². The van der Waals surface area contributed by atoms with Crippen molar-refractivity contribution in [3.05, 3.63) is 28.9 Å². The van der Waals surface area contributed by atoms with E-state index in [-0.39, 0.29) is 5.91 Å². The molecule has 0 spiro atoms. The lowest BCUT2D eigenvalue weighted by molar-refractivity contribution is 0.0699. The highest BCUT2D eigenvalue weighted by molar-refractivity contribution is 5.91. The number of hydrogen-bond acceptors (Lipinski definition) is 5. The van der Waals surface area contributed by atoms with Crippen molar-refractivity contribution in [2.24, 2.45) is 5.92 Å². The van der Waals surface area contributed by atoms with E-state index in [2.05, 4.69) is 27.5 Å². The van der Waals surface area contributed by atoms with E-state index < -0.39 is 0 Å². The van der Waals surface area contributed by atoms with Crippen molar-refractivity contribution in [2.45, 2.75) is 44.9 Å². The molecular weight excluding hydrogens is 294 g/mol. The summed E-state index contributed by atoms with van der Waals surface area (Å²) in [6.45, 7) is 3.74. The van der Waals surface area contributed by atoms with Crippen LogP contribution in [0.1, 0.15) is 59.6 Å². The predicted molar refractivity (Wildman–Crippen MR) is 82.0 cm³/mol. The Morgan fingerprint density at radius 2 is 2.17 bits per heavy atom. The molecule has 2 aliphatic rings. The maximum Gasteiger partial charge on any atom is 0.276 e. The Labute approximate surface area is 134 Å². The van der Waals surface area contributed by atoms with Crippen LogP contribution in [0, 0.1) is 5.92 Å². The second kappa shape index (κ2) is 5.79. The normalized spacial score (nSPS) is 22.1. The molecule has 122 valence electrons.